The number of hydrogen-bond acceptors (Lipinski definition) is 4. The molecule has 0 spiro atoms. The minimum atomic E-state index is -1.14. The highest BCUT2D eigenvalue weighted by molar-refractivity contribution is 9.10. The molecule has 33 heavy (non-hydrogen) atoms. The summed E-state index contributed by atoms with van der Waals surface area (Å²) in [5, 5.41) is 1.06. The van der Waals surface area contributed by atoms with Crippen molar-refractivity contribution in [2.24, 2.45) is 0 Å². The van der Waals surface area contributed by atoms with Crippen LogP contribution in [0.15, 0.2) is 39.7 Å². The molecule has 1 aliphatic heterocycles. The summed E-state index contributed by atoms with van der Waals surface area (Å²) in [5.41, 5.74) is 2.57. The van der Waals surface area contributed by atoms with Crippen LogP contribution in [0.1, 0.15) is 27.7 Å². The molecule has 0 saturated carbocycles. The van der Waals surface area contributed by atoms with Crippen molar-refractivity contribution in [1.82, 2.24) is 14.1 Å². The molecule has 4 rings (SSSR count). The lowest BCUT2D eigenvalue weighted by Crippen LogP contribution is -2.45. The summed E-state index contributed by atoms with van der Waals surface area (Å²) in [6, 6.07) is 9.28. The topological polar surface area (TPSA) is 52.3 Å². The molecule has 0 atom stereocenters. The first kappa shape index (κ1) is 24.2. The van der Waals surface area contributed by atoms with E-state index in [-0.39, 0.29) is 17.1 Å². The second-order valence-electron chi connectivity index (χ2n) is 11.2. The molecule has 6 nitrogen and oxygen atoms in total. The quantitative estimate of drug-likeness (QED) is 0.280. The number of nitrogens with zero attached hydrogens (tertiary/aromatic N) is 4. The third kappa shape index (κ3) is 4.84. The Balaban J connectivity index is 1.76. The maximum absolute atomic E-state index is 13.1. The molecule has 0 N–H and O–H groups in total. The molecule has 0 radical (unpaired) electrons. The number of rotatable bonds is 7. The Labute approximate surface area is 205 Å². The van der Waals surface area contributed by atoms with Gasteiger partial charge in [0, 0.05) is 48.4 Å². The lowest BCUT2D eigenvalue weighted by Gasteiger charge is -2.35. The van der Waals surface area contributed by atoms with E-state index in [1.807, 2.05) is 6.07 Å². The van der Waals surface area contributed by atoms with Crippen LogP contribution < -0.4 is 10.5 Å². The van der Waals surface area contributed by atoms with Crippen molar-refractivity contribution in [2.75, 3.05) is 11.5 Å². The number of hydrogen-bond donors (Lipinski definition) is 0. The number of fused-ring (bicyclic) bond motifs is 2. The first-order valence-corrected chi connectivity index (χ1v) is 16.2. The summed E-state index contributed by atoms with van der Waals surface area (Å²) in [7, 11) is -1.14. The van der Waals surface area contributed by atoms with E-state index in [0.29, 0.717) is 19.0 Å². The summed E-state index contributed by atoms with van der Waals surface area (Å²) < 4.78 is 11.0. The number of anilines is 1. The van der Waals surface area contributed by atoms with Crippen LogP contribution in [0, 0.1) is 0 Å². The van der Waals surface area contributed by atoms with Gasteiger partial charge in [-0.3, -0.25) is 9.36 Å². The Morgan fingerprint density at radius 1 is 1.21 bits per heavy atom. The van der Waals surface area contributed by atoms with Crippen LogP contribution >= 0.6 is 15.9 Å². The van der Waals surface area contributed by atoms with Crippen molar-refractivity contribution < 1.29 is 4.74 Å². The molecule has 3 heterocycles. The van der Waals surface area contributed by atoms with Gasteiger partial charge in [-0.25, -0.2) is 4.98 Å². The second kappa shape index (κ2) is 8.71. The van der Waals surface area contributed by atoms with Gasteiger partial charge in [0.1, 0.15) is 6.73 Å². The summed E-state index contributed by atoms with van der Waals surface area (Å²) in [6.07, 6.45) is 2.07. The third-order valence-corrected chi connectivity index (χ3v) is 8.46. The van der Waals surface area contributed by atoms with Crippen LogP contribution in [0.25, 0.3) is 22.2 Å². The molecule has 0 amide bonds. The van der Waals surface area contributed by atoms with Gasteiger partial charge in [0.05, 0.1) is 23.3 Å². The molecule has 1 aromatic carbocycles. The van der Waals surface area contributed by atoms with Gasteiger partial charge in [-0.2, -0.15) is 0 Å². The van der Waals surface area contributed by atoms with E-state index in [9.17, 15) is 4.79 Å². The fourth-order valence-electron chi connectivity index (χ4n) is 4.75. The first-order chi connectivity index (χ1) is 15.4. The highest BCUT2D eigenvalue weighted by atomic mass is 79.9. The largest absolute Gasteiger partial charge is 0.361 e. The Hall–Kier alpha value is -1.90. The van der Waals surface area contributed by atoms with Gasteiger partial charge < -0.3 is 14.2 Å². The van der Waals surface area contributed by atoms with Gasteiger partial charge >= 0.3 is 0 Å². The normalized spacial score (nSPS) is 15.6. The number of benzene rings is 1. The second-order valence-corrected chi connectivity index (χ2v) is 17.7. The van der Waals surface area contributed by atoms with Crippen LogP contribution in [0.5, 0.6) is 0 Å². The fourth-order valence-corrected chi connectivity index (χ4v) is 5.87. The van der Waals surface area contributed by atoms with Crippen molar-refractivity contribution in [3.05, 3.63) is 45.3 Å². The van der Waals surface area contributed by atoms with Crippen molar-refractivity contribution in [3.8, 4) is 11.3 Å². The van der Waals surface area contributed by atoms with E-state index < -0.39 is 8.07 Å². The average Bonchev–Trinajstić information content (AvgIpc) is 3.18. The third-order valence-electron chi connectivity index (χ3n) is 6.26. The molecule has 0 saturated heterocycles. The maximum atomic E-state index is 13.1. The van der Waals surface area contributed by atoms with Gasteiger partial charge in [-0.1, -0.05) is 35.6 Å². The van der Waals surface area contributed by atoms with Gasteiger partial charge in [0.15, 0.2) is 0 Å². The molecule has 8 heteroatoms. The fraction of sp³-hybridized carbons (Fsp3) is 0.520. The summed E-state index contributed by atoms with van der Waals surface area (Å²) in [6.45, 7) is 17.6. The van der Waals surface area contributed by atoms with Crippen LogP contribution in [-0.4, -0.2) is 40.4 Å². The van der Waals surface area contributed by atoms with Crippen molar-refractivity contribution >= 4 is 40.9 Å². The van der Waals surface area contributed by atoms with Crippen LogP contribution in [0.3, 0.4) is 0 Å². The van der Waals surface area contributed by atoms with Crippen LogP contribution in [-0.2, 0) is 18.0 Å². The van der Waals surface area contributed by atoms with Gasteiger partial charge in [0.25, 0.3) is 5.56 Å². The predicted molar refractivity (Wildman–Crippen MR) is 143 cm³/mol. The lowest BCUT2D eigenvalue weighted by atomic mass is 10.0. The van der Waals surface area contributed by atoms with Crippen molar-refractivity contribution in [2.45, 2.75) is 78.2 Å². The van der Waals surface area contributed by atoms with E-state index in [2.05, 4.69) is 91.1 Å². The zero-order valence-electron chi connectivity index (χ0n) is 20.8. The number of aromatic nitrogens is 3. The SMILES string of the molecule is CC(C)N1c2nc(-c3cn(COCC[Si](C)(C)C)c4ccc(Br)cc34)cc(=O)n2CC1(C)C. The number of ether oxygens (including phenoxy) is 1. The van der Waals surface area contributed by atoms with E-state index in [0.717, 1.165) is 39.5 Å². The Morgan fingerprint density at radius 2 is 1.94 bits per heavy atom. The van der Waals surface area contributed by atoms with Gasteiger partial charge in [-0.15, -0.1) is 0 Å². The molecule has 0 aliphatic carbocycles. The molecule has 3 aromatic rings. The highest BCUT2D eigenvalue weighted by Gasteiger charge is 2.39. The summed E-state index contributed by atoms with van der Waals surface area (Å²) >= 11 is 3.61. The molecular formula is C25H35BrN4O2Si. The molecule has 1 aliphatic rings. The molecule has 0 unspecified atom stereocenters. The Bertz CT molecular complexity index is 1240. The zero-order valence-corrected chi connectivity index (χ0v) is 23.4. The standard InChI is InChI=1S/C25H35BrN4O2Si/c1-17(2)30-24-27-21(13-23(31)29(24)15-25(30,3)4)20-14-28(16-32-10-11-33(5,6)7)22-9-8-18(26)12-19(20)22/h8-9,12-14,17H,10-11,15-16H2,1-7H3. The zero-order chi connectivity index (χ0) is 24.1. The van der Waals surface area contributed by atoms with E-state index in [1.54, 1.807) is 10.6 Å². The van der Waals surface area contributed by atoms with Gasteiger partial charge in [-0.05, 0) is 51.9 Å². The smallest absolute Gasteiger partial charge is 0.255 e. The Kier molecular flexibility index (Phi) is 6.39. The molecule has 178 valence electrons. The Morgan fingerprint density at radius 3 is 2.61 bits per heavy atom. The van der Waals surface area contributed by atoms with E-state index >= 15 is 0 Å². The molecule has 0 bridgehead atoms. The van der Waals surface area contributed by atoms with Crippen molar-refractivity contribution in [1.29, 1.82) is 0 Å². The first-order valence-electron chi connectivity index (χ1n) is 11.7. The average molecular weight is 532 g/mol. The predicted octanol–water partition coefficient (Wildman–Crippen LogP) is 5.95. The van der Waals surface area contributed by atoms with Gasteiger partial charge in [0.2, 0.25) is 5.95 Å². The monoisotopic (exact) mass is 530 g/mol. The van der Waals surface area contributed by atoms with Crippen molar-refractivity contribution in [3.63, 3.8) is 0 Å². The van der Waals surface area contributed by atoms with E-state index in [1.165, 1.54) is 0 Å². The highest BCUT2D eigenvalue weighted by Crippen LogP contribution is 2.36. The van der Waals surface area contributed by atoms with Crippen LogP contribution in [0.4, 0.5) is 5.95 Å². The van der Waals surface area contributed by atoms with E-state index in [4.69, 9.17) is 9.72 Å². The number of halogens is 1. The summed E-state index contributed by atoms with van der Waals surface area (Å²) in [5.74, 6) is 0.750. The minimum Gasteiger partial charge on any atom is -0.361 e. The summed E-state index contributed by atoms with van der Waals surface area (Å²) in [4.78, 5) is 20.4. The maximum Gasteiger partial charge on any atom is 0.255 e. The molecule has 0 fully saturated rings. The lowest BCUT2D eigenvalue weighted by molar-refractivity contribution is 0.0903. The van der Waals surface area contributed by atoms with Crippen LogP contribution in [0.2, 0.25) is 25.7 Å². The minimum absolute atomic E-state index is 0.00601. The molecular weight excluding hydrogens is 496 g/mol. The molecule has 2 aromatic heterocycles.